The van der Waals surface area contributed by atoms with Crippen LogP contribution >= 0.6 is 0 Å². The van der Waals surface area contributed by atoms with Gasteiger partial charge >= 0.3 is 6.18 Å². The standard InChI is InChI=1S/C13H13F3N2O4S.C5H3N3O/c14-13(15,16)10-1-2-11(9(5-10)6-17)23(21,22)18-4-3-12(20,7-18)8-19;6-1-5-7-2-4(9)3-8-5/h1-2,5,19-20H,3-4,7-8H2;2-3,9H. The summed E-state index contributed by atoms with van der Waals surface area (Å²) in [7, 11) is -4.25. The lowest BCUT2D eigenvalue weighted by atomic mass is 10.1. The Bertz CT molecular complexity index is 1160. The number of nitriles is 2. The van der Waals surface area contributed by atoms with Crippen LogP contribution in [0, 0.1) is 22.7 Å². The highest BCUT2D eigenvalue weighted by atomic mass is 32.2. The zero-order chi connectivity index (χ0) is 24.2. The maximum atomic E-state index is 12.7. The highest BCUT2D eigenvalue weighted by Crippen LogP contribution is 2.33. The van der Waals surface area contributed by atoms with Crippen LogP contribution in [0.15, 0.2) is 35.5 Å². The largest absolute Gasteiger partial charge is 0.505 e. The van der Waals surface area contributed by atoms with Gasteiger partial charge in [-0.05, 0) is 24.6 Å². The zero-order valence-electron chi connectivity index (χ0n) is 16.2. The van der Waals surface area contributed by atoms with Crippen molar-refractivity contribution in [2.24, 2.45) is 0 Å². The van der Waals surface area contributed by atoms with E-state index in [2.05, 4.69) is 9.97 Å². The molecule has 1 saturated heterocycles. The van der Waals surface area contributed by atoms with Crippen LogP contribution < -0.4 is 0 Å². The van der Waals surface area contributed by atoms with Crippen LogP contribution in [0.3, 0.4) is 0 Å². The summed E-state index contributed by atoms with van der Waals surface area (Å²) < 4.78 is 63.8. The van der Waals surface area contributed by atoms with Crippen molar-refractivity contribution in [3.8, 4) is 17.9 Å². The number of alkyl halides is 3. The number of hydrogen-bond donors (Lipinski definition) is 3. The lowest BCUT2D eigenvalue weighted by Crippen LogP contribution is -2.39. The first-order chi connectivity index (χ1) is 14.9. The van der Waals surface area contributed by atoms with E-state index in [0.717, 1.165) is 10.4 Å². The van der Waals surface area contributed by atoms with E-state index in [9.17, 15) is 26.7 Å². The predicted molar refractivity (Wildman–Crippen MR) is 100.0 cm³/mol. The number of sulfonamides is 1. The normalized spacial score (nSPS) is 18.8. The minimum atomic E-state index is -4.70. The number of benzene rings is 1. The van der Waals surface area contributed by atoms with Gasteiger partial charge in [0.05, 0.1) is 35.0 Å². The SMILES string of the molecule is N#Cc1cc(C(F)(F)F)ccc1S(=O)(=O)N1CCC(O)(CO)C1.N#Cc1ncc(O)cn1. The molecule has 32 heavy (non-hydrogen) atoms. The monoisotopic (exact) mass is 471 g/mol. The fraction of sp³-hybridized carbons (Fsp3) is 0.333. The van der Waals surface area contributed by atoms with E-state index in [-0.39, 0.29) is 24.5 Å². The van der Waals surface area contributed by atoms with Crippen LogP contribution in [0.1, 0.15) is 23.4 Å². The number of rotatable bonds is 3. The fourth-order valence-corrected chi connectivity index (χ4v) is 4.33. The van der Waals surface area contributed by atoms with Crippen molar-refractivity contribution in [2.45, 2.75) is 23.1 Å². The second kappa shape index (κ2) is 9.46. The molecule has 0 radical (unpaired) electrons. The molecule has 1 fully saturated rings. The van der Waals surface area contributed by atoms with Gasteiger partial charge in [-0.3, -0.25) is 0 Å². The first-order valence-corrected chi connectivity index (χ1v) is 10.2. The Balaban J connectivity index is 0.000000336. The molecular formula is C18H16F3N5O5S. The number of aliphatic hydroxyl groups is 2. The molecule has 170 valence electrons. The summed E-state index contributed by atoms with van der Waals surface area (Å²) in [6, 6.07) is 4.96. The Labute approximate surface area is 180 Å². The van der Waals surface area contributed by atoms with Gasteiger partial charge in [0.2, 0.25) is 15.8 Å². The molecule has 1 atom stereocenters. The molecule has 14 heteroatoms. The van der Waals surface area contributed by atoms with E-state index < -0.39 is 51.0 Å². The average Bonchev–Trinajstić information content (AvgIpc) is 3.17. The highest BCUT2D eigenvalue weighted by molar-refractivity contribution is 7.89. The van der Waals surface area contributed by atoms with Crippen LogP contribution in [0.25, 0.3) is 0 Å². The lowest BCUT2D eigenvalue weighted by molar-refractivity contribution is -0.137. The maximum Gasteiger partial charge on any atom is 0.416 e. The molecule has 0 aliphatic carbocycles. The predicted octanol–water partition coefficient (Wildman–Crippen LogP) is 0.749. The highest BCUT2D eigenvalue weighted by Gasteiger charge is 2.42. The van der Waals surface area contributed by atoms with Crippen molar-refractivity contribution >= 4 is 10.0 Å². The van der Waals surface area contributed by atoms with Gasteiger partial charge in [-0.25, -0.2) is 18.4 Å². The van der Waals surface area contributed by atoms with Crippen LogP contribution in [-0.2, 0) is 16.2 Å². The van der Waals surface area contributed by atoms with Crippen molar-refractivity contribution < 1.29 is 36.9 Å². The Morgan fingerprint density at radius 2 is 1.81 bits per heavy atom. The summed E-state index contributed by atoms with van der Waals surface area (Å²) in [4.78, 5) is 6.39. The molecule has 0 saturated carbocycles. The molecule has 1 unspecified atom stereocenters. The van der Waals surface area contributed by atoms with Gasteiger partial charge in [0.15, 0.2) is 5.75 Å². The van der Waals surface area contributed by atoms with E-state index in [1.807, 2.05) is 0 Å². The minimum absolute atomic E-state index is 0.00868. The zero-order valence-corrected chi connectivity index (χ0v) is 17.0. The number of hydrogen-bond acceptors (Lipinski definition) is 9. The average molecular weight is 471 g/mol. The van der Waals surface area contributed by atoms with Crippen molar-refractivity contribution in [3.63, 3.8) is 0 Å². The maximum absolute atomic E-state index is 12.7. The molecule has 3 N–H and O–H groups in total. The summed E-state index contributed by atoms with van der Waals surface area (Å²) in [6.07, 6.45) is -2.36. The Morgan fingerprint density at radius 1 is 1.19 bits per heavy atom. The fourth-order valence-electron chi connectivity index (χ4n) is 2.69. The van der Waals surface area contributed by atoms with Gasteiger partial charge in [0, 0.05) is 13.1 Å². The Hall–Kier alpha value is -3.30. The molecule has 2 heterocycles. The number of β-amino-alcohol motifs (C(OH)–C–C–N with tert-alkyl or cyclic N) is 1. The van der Waals surface area contributed by atoms with Crippen molar-refractivity contribution in [2.75, 3.05) is 19.7 Å². The van der Waals surface area contributed by atoms with Gasteiger partial charge in [0.25, 0.3) is 0 Å². The molecule has 1 aromatic carbocycles. The van der Waals surface area contributed by atoms with Crippen molar-refractivity contribution in [3.05, 3.63) is 47.5 Å². The molecule has 10 nitrogen and oxygen atoms in total. The number of aromatic nitrogens is 2. The third-order valence-corrected chi connectivity index (χ3v) is 6.28. The molecule has 0 spiro atoms. The number of nitrogens with zero attached hydrogens (tertiary/aromatic N) is 5. The summed E-state index contributed by atoms with van der Waals surface area (Å²) in [5.41, 5.74) is -3.34. The quantitative estimate of drug-likeness (QED) is 0.584. The minimum Gasteiger partial charge on any atom is -0.505 e. The second-order valence-corrected chi connectivity index (χ2v) is 8.57. The van der Waals surface area contributed by atoms with Crippen molar-refractivity contribution in [1.29, 1.82) is 10.5 Å². The van der Waals surface area contributed by atoms with Crippen molar-refractivity contribution in [1.82, 2.24) is 14.3 Å². The summed E-state index contributed by atoms with van der Waals surface area (Å²) in [5, 5.41) is 44.7. The van der Waals surface area contributed by atoms with Crippen LogP contribution in [0.2, 0.25) is 0 Å². The molecular weight excluding hydrogens is 455 g/mol. The third kappa shape index (κ3) is 5.68. The Morgan fingerprint density at radius 3 is 2.28 bits per heavy atom. The number of aromatic hydroxyl groups is 1. The van der Waals surface area contributed by atoms with Gasteiger partial charge in [0.1, 0.15) is 17.7 Å². The topological polar surface area (TPSA) is 171 Å². The van der Waals surface area contributed by atoms with Gasteiger partial charge < -0.3 is 15.3 Å². The molecule has 1 aliphatic rings. The number of aliphatic hydroxyl groups excluding tert-OH is 1. The van der Waals surface area contributed by atoms with Crippen LogP contribution in [-0.4, -0.2) is 63.3 Å². The molecule has 0 bridgehead atoms. The number of halogens is 3. The summed E-state index contributed by atoms with van der Waals surface area (Å²) >= 11 is 0. The van der Waals surface area contributed by atoms with Gasteiger partial charge in [-0.1, -0.05) is 0 Å². The lowest BCUT2D eigenvalue weighted by Gasteiger charge is -2.21. The van der Waals surface area contributed by atoms with Crippen LogP contribution in [0.4, 0.5) is 13.2 Å². The third-order valence-electron chi connectivity index (χ3n) is 4.37. The summed E-state index contributed by atoms with van der Waals surface area (Å²) in [5.74, 6) is 0.0294. The smallest absolute Gasteiger partial charge is 0.416 e. The van der Waals surface area contributed by atoms with Gasteiger partial charge in [-0.2, -0.15) is 28.0 Å². The first kappa shape index (κ1) is 25.0. The van der Waals surface area contributed by atoms with E-state index in [1.54, 1.807) is 6.07 Å². The molecule has 2 aromatic rings. The summed E-state index contributed by atoms with van der Waals surface area (Å²) in [6.45, 7) is -1.14. The van der Waals surface area contributed by atoms with E-state index in [1.165, 1.54) is 18.5 Å². The van der Waals surface area contributed by atoms with E-state index in [0.29, 0.717) is 12.1 Å². The Kier molecular flexibility index (Phi) is 7.38. The first-order valence-electron chi connectivity index (χ1n) is 8.72. The van der Waals surface area contributed by atoms with Crippen LogP contribution in [0.5, 0.6) is 5.75 Å². The van der Waals surface area contributed by atoms with E-state index in [4.69, 9.17) is 20.7 Å². The molecule has 0 amide bonds. The molecule has 1 aliphatic heterocycles. The van der Waals surface area contributed by atoms with E-state index >= 15 is 0 Å². The second-order valence-electron chi connectivity index (χ2n) is 6.67. The molecule has 3 rings (SSSR count). The molecule has 1 aromatic heterocycles. The van der Waals surface area contributed by atoms with Gasteiger partial charge in [-0.15, -0.1) is 0 Å².